The van der Waals surface area contributed by atoms with Crippen molar-refractivity contribution in [3.8, 4) is 0 Å². The average Bonchev–Trinajstić information content (AvgIpc) is 2.76. The van der Waals surface area contributed by atoms with E-state index < -0.39 is 29.2 Å². The highest BCUT2D eigenvalue weighted by Gasteiger charge is 2.29. The van der Waals surface area contributed by atoms with Gasteiger partial charge in [0.1, 0.15) is 17.5 Å². The minimum Gasteiger partial charge on any atom is -0.342 e. The number of amides is 2. The normalized spacial score (nSPS) is 14.4. The van der Waals surface area contributed by atoms with Gasteiger partial charge in [-0.05, 0) is 55.3 Å². The summed E-state index contributed by atoms with van der Waals surface area (Å²) >= 11 is 1.16. The van der Waals surface area contributed by atoms with Crippen LogP contribution in [0.1, 0.15) is 23.2 Å². The van der Waals surface area contributed by atoms with Crippen LogP contribution in [0.2, 0.25) is 0 Å². The van der Waals surface area contributed by atoms with Gasteiger partial charge in [-0.3, -0.25) is 14.4 Å². The standard InChI is InChI=1S/C22H21F3N2O3S/c23-15-1-4-17(5-2-15)26-20(28)12-31-13-21(29)27-9-7-14(8-10-27)22(30)18-11-16(24)3-6-19(18)25/h1-6,11,14H,7-10,12-13H2,(H,26,28). The Balaban J connectivity index is 1.40. The second kappa shape index (κ2) is 10.5. The number of hydrogen-bond donors (Lipinski definition) is 1. The van der Waals surface area contributed by atoms with E-state index in [1.54, 1.807) is 4.90 Å². The molecule has 9 heteroatoms. The molecular weight excluding hydrogens is 429 g/mol. The fourth-order valence-corrected chi connectivity index (χ4v) is 4.07. The van der Waals surface area contributed by atoms with Gasteiger partial charge in [-0.15, -0.1) is 11.8 Å². The van der Waals surface area contributed by atoms with Crippen LogP contribution >= 0.6 is 11.8 Å². The van der Waals surface area contributed by atoms with Crippen LogP contribution in [-0.2, 0) is 9.59 Å². The fraction of sp³-hybridized carbons (Fsp3) is 0.318. The fourth-order valence-electron chi connectivity index (χ4n) is 3.35. The Bertz CT molecular complexity index is 961. The molecular formula is C22H21F3N2O3S. The molecule has 0 aliphatic carbocycles. The molecule has 31 heavy (non-hydrogen) atoms. The number of nitrogens with zero attached hydrogens (tertiary/aromatic N) is 1. The van der Waals surface area contributed by atoms with E-state index in [1.165, 1.54) is 24.3 Å². The number of nitrogens with one attached hydrogen (secondary N) is 1. The minimum absolute atomic E-state index is 0.0664. The van der Waals surface area contributed by atoms with Crippen LogP contribution in [0.5, 0.6) is 0 Å². The number of halogens is 3. The smallest absolute Gasteiger partial charge is 0.234 e. The Labute approximate surface area is 182 Å². The van der Waals surface area contributed by atoms with Gasteiger partial charge >= 0.3 is 0 Å². The summed E-state index contributed by atoms with van der Waals surface area (Å²) < 4.78 is 40.0. The summed E-state index contributed by atoms with van der Waals surface area (Å²) in [4.78, 5) is 38.4. The molecule has 0 aromatic heterocycles. The first-order chi connectivity index (χ1) is 14.8. The first kappa shape index (κ1) is 22.9. The van der Waals surface area contributed by atoms with Crippen LogP contribution in [0.15, 0.2) is 42.5 Å². The molecule has 2 amide bonds. The van der Waals surface area contributed by atoms with Crippen molar-refractivity contribution >= 4 is 35.0 Å². The molecule has 1 saturated heterocycles. The van der Waals surface area contributed by atoms with Crippen molar-refractivity contribution in [1.82, 2.24) is 4.90 Å². The molecule has 164 valence electrons. The van der Waals surface area contributed by atoms with Crippen LogP contribution in [0.25, 0.3) is 0 Å². The van der Waals surface area contributed by atoms with E-state index >= 15 is 0 Å². The van der Waals surface area contributed by atoms with Gasteiger partial charge in [-0.2, -0.15) is 0 Å². The van der Waals surface area contributed by atoms with E-state index in [0.717, 1.165) is 30.0 Å². The second-order valence-corrected chi connectivity index (χ2v) is 8.18. The largest absolute Gasteiger partial charge is 0.342 e. The Kier molecular flexibility index (Phi) is 7.73. The van der Waals surface area contributed by atoms with Crippen molar-refractivity contribution in [2.75, 3.05) is 29.9 Å². The summed E-state index contributed by atoms with van der Waals surface area (Å²) in [6, 6.07) is 8.18. The van der Waals surface area contributed by atoms with Crippen molar-refractivity contribution in [1.29, 1.82) is 0 Å². The number of carbonyl (C=O) groups excluding carboxylic acids is 3. The number of thioether (sulfide) groups is 1. The number of piperidine rings is 1. The Hall–Kier alpha value is -2.81. The van der Waals surface area contributed by atoms with Crippen molar-refractivity contribution in [3.05, 3.63) is 65.5 Å². The second-order valence-electron chi connectivity index (χ2n) is 7.19. The minimum atomic E-state index is -0.750. The molecule has 2 aromatic rings. The highest BCUT2D eigenvalue weighted by atomic mass is 32.2. The molecule has 0 unspecified atom stereocenters. The van der Waals surface area contributed by atoms with Crippen LogP contribution in [-0.4, -0.2) is 47.1 Å². The molecule has 0 atom stereocenters. The molecule has 1 aliphatic heterocycles. The maximum Gasteiger partial charge on any atom is 0.234 e. The number of benzene rings is 2. The average molecular weight is 450 g/mol. The van der Waals surface area contributed by atoms with E-state index in [9.17, 15) is 27.6 Å². The topological polar surface area (TPSA) is 66.5 Å². The van der Waals surface area contributed by atoms with Crippen molar-refractivity contribution in [2.45, 2.75) is 12.8 Å². The number of likely N-dealkylation sites (tertiary alicyclic amines) is 1. The van der Waals surface area contributed by atoms with Gasteiger partial charge in [0.15, 0.2) is 5.78 Å². The number of anilines is 1. The monoisotopic (exact) mass is 450 g/mol. The molecule has 0 saturated carbocycles. The molecule has 0 spiro atoms. The quantitative estimate of drug-likeness (QED) is 0.650. The van der Waals surface area contributed by atoms with Gasteiger partial charge in [0.25, 0.3) is 0 Å². The van der Waals surface area contributed by atoms with Gasteiger partial charge in [-0.1, -0.05) is 0 Å². The van der Waals surface area contributed by atoms with E-state index in [2.05, 4.69) is 5.32 Å². The zero-order valence-electron chi connectivity index (χ0n) is 16.6. The predicted octanol–water partition coefficient (Wildman–Crippen LogP) is 3.90. The molecule has 1 heterocycles. The lowest BCUT2D eigenvalue weighted by Gasteiger charge is -2.31. The summed E-state index contributed by atoms with van der Waals surface area (Å²) in [5.41, 5.74) is 0.215. The lowest BCUT2D eigenvalue weighted by Crippen LogP contribution is -2.41. The number of carbonyl (C=O) groups is 3. The first-order valence-corrected chi connectivity index (χ1v) is 10.9. The molecule has 5 nitrogen and oxygen atoms in total. The Morgan fingerprint density at radius 3 is 2.26 bits per heavy atom. The number of ketones is 1. The van der Waals surface area contributed by atoms with Gasteiger partial charge in [0.05, 0.1) is 17.1 Å². The van der Waals surface area contributed by atoms with Gasteiger partial charge in [0.2, 0.25) is 11.8 Å². The highest BCUT2D eigenvalue weighted by Crippen LogP contribution is 2.24. The van der Waals surface area contributed by atoms with Gasteiger partial charge in [0, 0.05) is 24.7 Å². The third kappa shape index (κ3) is 6.33. The van der Waals surface area contributed by atoms with Crippen molar-refractivity contribution < 1.29 is 27.6 Å². The molecule has 1 fully saturated rings. The highest BCUT2D eigenvalue weighted by molar-refractivity contribution is 8.00. The summed E-state index contributed by atoms with van der Waals surface area (Å²) in [5, 5.41) is 2.62. The zero-order valence-corrected chi connectivity index (χ0v) is 17.4. The predicted molar refractivity (Wildman–Crippen MR) is 112 cm³/mol. The number of rotatable bonds is 7. The zero-order chi connectivity index (χ0) is 22.4. The van der Waals surface area contributed by atoms with E-state index in [4.69, 9.17) is 0 Å². The molecule has 2 aromatic carbocycles. The van der Waals surface area contributed by atoms with Crippen LogP contribution in [0, 0.1) is 23.4 Å². The third-order valence-corrected chi connectivity index (χ3v) is 5.92. The number of hydrogen-bond acceptors (Lipinski definition) is 4. The molecule has 0 bridgehead atoms. The lowest BCUT2D eigenvalue weighted by atomic mass is 9.88. The summed E-state index contributed by atoms with van der Waals surface area (Å²) in [6.45, 7) is 0.684. The Morgan fingerprint density at radius 1 is 0.935 bits per heavy atom. The molecule has 1 N–H and O–H groups in total. The van der Waals surface area contributed by atoms with E-state index in [0.29, 0.717) is 31.6 Å². The molecule has 1 aliphatic rings. The summed E-state index contributed by atoms with van der Waals surface area (Å²) in [6.07, 6.45) is 0.743. The van der Waals surface area contributed by atoms with Gasteiger partial charge < -0.3 is 10.2 Å². The van der Waals surface area contributed by atoms with Crippen LogP contribution in [0.3, 0.4) is 0 Å². The van der Waals surface area contributed by atoms with E-state index in [1.807, 2.05) is 0 Å². The number of Topliss-reactive ketones (excluding diaryl/α,β-unsaturated/α-hetero) is 1. The maximum atomic E-state index is 13.8. The Morgan fingerprint density at radius 2 is 1.58 bits per heavy atom. The van der Waals surface area contributed by atoms with E-state index in [-0.39, 0.29) is 28.9 Å². The SMILES string of the molecule is O=C(CSCC(=O)N1CCC(C(=O)c2cc(F)ccc2F)CC1)Nc1ccc(F)cc1. The van der Waals surface area contributed by atoms with Crippen molar-refractivity contribution in [2.24, 2.45) is 5.92 Å². The summed E-state index contributed by atoms with van der Waals surface area (Å²) in [7, 11) is 0. The summed E-state index contributed by atoms with van der Waals surface area (Å²) in [5.74, 6) is -3.01. The van der Waals surface area contributed by atoms with Crippen LogP contribution < -0.4 is 5.32 Å². The molecule has 3 rings (SSSR count). The third-order valence-electron chi connectivity index (χ3n) is 5.00. The van der Waals surface area contributed by atoms with Gasteiger partial charge in [-0.25, -0.2) is 13.2 Å². The maximum absolute atomic E-state index is 13.8. The lowest BCUT2D eigenvalue weighted by molar-refractivity contribution is -0.129. The van der Waals surface area contributed by atoms with Crippen molar-refractivity contribution in [3.63, 3.8) is 0 Å². The first-order valence-electron chi connectivity index (χ1n) is 9.73. The molecule has 0 radical (unpaired) electrons. The van der Waals surface area contributed by atoms with Crippen LogP contribution in [0.4, 0.5) is 18.9 Å².